The lowest BCUT2D eigenvalue weighted by Crippen LogP contribution is -2.72. The first kappa shape index (κ1) is 20.8. The number of hydrogen-bond acceptors (Lipinski definition) is 5. The minimum absolute atomic E-state index is 0.161. The van der Waals surface area contributed by atoms with Crippen LogP contribution in [-0.4, -0.2) is 79.9 Å². The average molecular weight is 357 g/mol. The van der Waals surface area contributed by atoms with Crippen LogP contribution in [0.15, 0.2) is 17.1 Å². The fourth-order valence-corrected chi connectivity index (χ4v) is 3.48. The van der Waals surface area contributed by atoms with Gasteiger partial charge in [0.15, 0.2) is 0 Å². The van der Waals surface area contributed by atoms with Gasteiger partial charge in [-0.25, -0.2) is 14.6 Å². The van der Waals surface area contributed by atoms with Gasteiger partial charge in [0.2, 0.25) is 17.5 Å². The highest BCUT2D eigenvalue weighted by Gasteiger charge is 2.63. The molecule has 0 fully saturated rings. The molecule has 1 heterocycles. The predicted molar refractivity (Wildman–Crippen MR) is 88.3 cm³/mol. The Morgan fingerprint density at radius 3 is 2.32 bits per heavy atom. The van der Waals surface area contributed by atoms with E-state index >= 15 is 0 Å². The Morgan fingerprint density at radius 2 is 1.92 bits per heavy atom. The molecule has 9 nitrogen and oxygen atoms in total. The monoisotopic (exact) mass is 357 g/mol. The summed E-state index contributed by atoms with van der Waals surface area (Å²) < 4.78 is -0.422. The number of rotatable bonds is 10. The molecule has 1 aliphatic heterocycles. The molecule has 0 amide bonds. The zero-order chi connectivity index (χ0) is 19.4. The average Bonchev–Trinajstić information content (AvgIpc) is 2.88. The van der Waals surface area contributed by atoms with Crippen LogP contribution in [0.5, 0.6) is 0 Å². The fourth-order valence-electron chi connectivity index (χ4n) is 3.48. The summed E-state index contributed by atoms with van der Waals surface area (Å²) in [6.07, 6.45) is 0.0357. The first-order chi connectivity index (χ1) is 11.5. The van der Waals surface area contributed by atoms with Crippen LogP contribution in [0.4, 0.5) is 0 Å². The summed E-state index contributed by atoms with van der Waals surface area (Å²) in [5, 5.41) is 38.9. The van der Waals surface area contributed by atoms with Crippen LogP contribution in [-0.2, 0) is 14.4 Å². The molecule has 3 unspecified atom stereocenters. The van der Waals surface area contributed by atoms with Gasteiger partial charge in [-0.3, -0.25) is 9.28 Å². The first-order valence-electron chi connectivity index (χ1n) is 8.01. The lowest BCUT2D eigenvalue weighted by molar-refractivity contribution is -0.858. The molecule has 0 aromatic carbocycles. The zero-order valence-corrected chi connectivity index (χ0v) is 14.4. The van der Waals surface area contributed by atoms with Crippen molar-refractivity contribution in [2.24, 2.45) is 4.99 Å². The highest BCUT2D eigenvalue weighted by atomic mass is 16.4. The summed E-state index contributed by atoms with van der Waals surface area (Å²) in [4.78, 5) is 39.1. The standard InChI is InChI=1S/C16H24N2O7/c1-4-5-7-18(8-6-17-13(18)10(2)3)12(14(21)22)16(25,15(23)24)9-11(19)20/h12,25H,2,4-9H2,1,3H3,(H2-,19,20,21,22,23,24)/p+1. The topological polar surface area (TPSA) is 144 Å². The van der Waals surface area contributed by atoms with Crippen LogP contribution in [0, 0.1) is 0 Å². The highest BCUT2D eigenvalue weighted by Crippen LogP contribution is 2.33. The number of carboxylic acid groups (broad SMARTS) is 3. The summed E-state index contributed by atoms with van der Waals surface area (Å²) in [7, 11) is 0. The number of hydrogen-bond donors (Lipinski definition) is 4. The highest BCUT2D eigenvalue weighted by molar-refractivity contribution is 5.97. The second kappa shape index (κ2) is 7.75. The molecule has 0 radical (unpaired) electrons. The van der Waals surface area contributed by atoms with Crippen LogP contribution in [0.25, 0.3) is 0 Å². The van der Waals surface area contributed by atoms with E-state index in [0.717, 1.165) is 0 Å². The number of unbranched alkanes of at least 4 members (excludes halogenated alkanes) is 1. The quantitative estimate of drug-likeness (QED) is 0.412. The van der Waals surface area contributed by atoms with Crippen molar-refractivity contribution in [2.45, 2.75) is 44.8 Å². The molecule has 0 aromatic rings. The van der Waals surface area contributed by atoms with Gasteiger partial charge in [0.1, 0.15) is 6.54 Å². The molecule has 4 N–H and O–H groups in total. The lowest BCUT2D eigenvalue weighted by atomic mass is 9.86. The van der Waals surface area contributed by atoms with Crippen LogP contribution in [0.3, 0.4) is 0 Å². The molecule has 0 saturated carbocycles. The van der Waals surface area contributed by atoms with E-state index < -0.39 is 40.5 Å². The lowest BCUT2D eigenvalue weighted by Gasteiger charge is -2.44. The number of aliphatic imine (C=N–C) groups is 1. The molecule has 1 aliphatic rings. The van der Waals surface area contributed by atoms with E-state index in [0.29, 0.717) is 24.3 Å². The molecular weight excluding hydrogens is 332 g/mol. The maximum absolute atomic E-state index is 12.0. The molecule has 25 heavy (non-hydrogen) atoms. The molecule has 1 rings (SSSR count). The number of aliphatic carboxylic acids is 3. The van der Waals surface area contributed by atoms with Gasteiger partial charge in [-0.1, -0.05) is 19.9 Å². The summed E-state index contributed by atoms with van der Waals surface area (Å²) in [6, 6.07) is -1.91. The zero-order valence-electron chi connectivity index (χ0n) is 14.4. The van der Waals surface area contributed by atoms with Gasteiger partial charge in [-0.05, 0) is 13.3 Å². The Hall–Kier alpha value is -2.26. The van der Waals surface area contributed by atoms with Gasteiger partial charge in [0.05, 0.1) is 19.5 Å². The molecule has 0 aliphatic carbocycles. The molecular formula is C16H25N2O7+. The number of aliphatic hydroxyl groups is 1. The van der Waals surface area contributed by atoms with Crippen LogP contribution < -0.4 is 0 Å². The van der Waals surface area contributed by atoms with E-state index in [1.807, 2.05) is 6.92 Å². The van der Waals surface area contributed by atoms with E-state index in [-0.39, 0.29) is 19.6 Å². The van der Waals surface area contributed by atoms with Gasteiger partial charge >= 0.3 is 17.9 Å². The van der Waals surface area contributed by atoms with E-state index in [1.165, 1.54) is 0 Å². The fraction of sp³-hybridized carbons (Fsp3) is 0.625. The second-order valence-corrected chi connectivity index (χ2v) is 6.36. The third kappa shape index (κ3) is 3.88. The van der Waals surface area contributed by atoms with E-state index in [4.69, 9.17) is 5.11 Å². The van der Waals surface area contributed by atoms with Gasteiger partial charge in [0.25, 0.3) is 0 Å². The van der Waals surface area contributed by atoms with Crippen LogP contribution in [0.1, 0.15) is 33.1 Å². The summed E-state index contributed by atoms with van der Waals surface area (Å²) >= 11 is 0. The van der Waals surface area contributed by atoms with Crippen LogP contribution in [0.2, 0.25) is 0 Å². The van der Waals surface area contributed by atoms with E-state index in [2.05, 4.69) is 11.6 Å². The Balaban J connectivity index is 3.61. The van der Waals surface area contributed by atoms with Gasteiger partial charge in [-0.15, -0.1) is 0 Å². The predicted octanol–water partition coefficient (Wildman–Crippen LogP) is 0.335. The summed E-state index contributed by atoms with van der Waals surface area (Å²) in [5.74, 6) is -4.77. The molecule has 0 aromatic heterocycles. The number of amidine groups is 1. The number of carboxylic acids is 3. The summed E-state index contributed by atoms with van der Waals surface area (Å²) in [6.45, 7) is 7.93. The van der Waals surface area contributed by atoms with Gasteiger partial charge < -0.3 is 20.4 Å². The van der Waals surface area contributed by atoms with Gasteiger partial charge in [0, 0.05) is 5.57 Å². The molecule has 140 valence electrons. The first-order valence-corrected chi connectivity index (χ1v) is 8.01. The second-order valence-electron chi connectivity index (χ2n) is 6.36. The molecule has 9 heteroatoms. The molecule has 3 atom stereocenters. The Morgan fingerprint density at radius 1 is 1.32 bits per heavy atom. The van der Waals surface area contributed by atoms with E-state index in [1.54, 1.807) is 6.92 Å². The maximum Gasteiger partial charge on any atom is 0.366 e. The van der Waals surface area contributed by atoms with Crippen molar-refractivity contribution in [1.29, 1.82) is 0 Å². The van der Waals surface area contributed by atoms with Crippen molar-refractivity contribution in [3.05, 3.63) is 12.2 Å². The molecule has 0 spiro atoms. The van der Waals surface area contributed by atoms with Crippen molar-refractivity contribution >= 4 is 23.7 Å². The number of quaternary nitrogens is 1. The van der Waals surface area contributed by atoms with Crippen molar-refractivity contribution in [3.8, 4) is 0 Å². The third-order valence-corrected chi connectivity index (χ3v) is 4.45. The Labute approximate surface area is 145 Å². The third-order valence-electron chi connectivity index (χ3n) is 4.45. The SMILES string of the molecule is C=C(C)C1=NCC[N+]1(CCCC)C(C(=O)O)C(O)(CC(=O)O)C(=O)O. The normalized spacial score (nSPS) is 23.4. The van der Waals surface area contributed by atoms with Crippen molar-refractivity contribution in [3.63, 3.8) is 0 Å². The minimum Gasteiger partial charge on any atom is -0.481 e. The van der Waals surface area contributed by atoms with Crippen LogP contribution >= 0.6 is 0 Å². The summed E-state index contributed by atoms with van der Waals surface area (Å²) in [5.41, 5.74) is -2.52. The Kier molecular flexibility index (Phi) is 6.44. The smallest absolute Gasteiger partial charge is 0.366 e. The molecule has 0 saturated heterocycles. The number of nitrogens with zero attached hydrogens (tertiary/aromatic N) is 2. The number of carbonyl (C=O) groups is 3. The van der Waals surface area contributed by atoms with Crippen molar-refractivity contribution in [1.82, 2.24) is 0 Å². The minimum atomic E-state index is -2.98. The maximum atomic E-state index is 12.0. The van der Waals surface area contributed by atoms with Gasteiger partial charge in [-0.2, -0.15) is 0 Å². The Bertz CT molecular complexity index is 616. The van der Waals surface area contributed by atoms with Crippen molar-refractivity contribution < 1.29 is 39.3 Å². The largest absolute Gasteiger partial charge is 0.481 e. The van der Waals surface area contributed by atoms with Crippen molar-refractivity contribution in [2.75, 3.05) is 19.6 Å². The molecule has 0 bridgehead atoms. The van der Waals surface area contributed by atoms with E-state index in [9.17, 15) is 29.7 Å².